The number of nitrogens with zero attached hydrogens (tertiary/aromatic N) is 5. The number of thiazole rings is 1. The molecule has 26 heavy (non-hydrogen) atoms. The van der Waals surface area contributed by atoms with Gasteiger partial charge in [0, 0.05) is 30.6 Å². The van der Waals surface area contributed by atoms with Crippen LogP contribution in [0.1, 0.15) is 28.9 Å². The second kappa shape index (κ2) is 6.83. The fourth-order valence-corrected chi connectivity index (χ4v) is 3.79. The summed E-state index contributed by atoms with van der Waals surface area (Å²) in [6, 6.07) is 3.53. The van der Waals surface area contributed by atoms with E-state index in [1.807, 2.05) is 12.3 Å². The number of piperidine rings is 1. The van der Waals surface area contributed by atoms with E-state index in [1.54, 1.807) is 34.0 Å². The van der Waals surface area contributed by atoms with Gasteiger partial charge < -0.3 is 10.2 Å². The summed E-state index contributed by atoms with van der Waals surface area (Å²) >= 11 is 1.43. The molecule has 2 amide bonds. The van der Waals surface area contributed by atoms with Crippen LogP contribution in [-0.4, -0.2) is 49.4 Å². The predicted octanol–water partition coefficient (Wildman–Crippen LogP) is 1.99. The Morgan fingerprint density at radius 2 is 2.08 bits per heavy atom. The van der Waals surface area contributed by atoms with Gasteiger partial charge in [0.05, 0.1) is 11.3 Å². The summed E-state index contributed by atoms with van der Waals surface area (Å²) in [7, 11) is 0. The number of hydrogen-bond donors (Lipinski definition) is 1. The molecule has 0 radical (unpaired) electrons. The Morgan fingerprint density at radius 1 is 1.27 bits per heavy atom. The molecule has 0 aliphatic carbocycles. The maximum Gasteiger partial charge on any atom is 0.255 e. The van der Waals surface area contributed by atoms with Crippen molar-refractivity contribution in [3.63, 3.8) is 0 Å². The number of aryl methyl sites for hydroxylation is 1. The minimum absolute atomic E-state index is 0.0163. The third-order valence-corrected chi connectivity index (χ3v) is 5.42. The van der Waals surface area contributed by atoms with Crippen molar-refractivity contribution < 1.29 is 9.59 Å². The molecule has 4 heterocycles. The van der Waals surface area contributed by atoms with E-state index in [-0.39, 0.29) is 17.7 Å². The summed E-state index contributed by atoms with van der Waals surface area (Å²) in [5, 5.41) is 13.2. The molecule has 0 unspecified atom stereocenters. The second-order valence-corrected chi connectivity index (χ2v) is 7.22. The molecule has 134 valence electrons. The maximum absolute atomic E-state index is 12.7. The monoisotopic (exact) mass is 370 g/mol. The highest BCUT2D eigenvalue weighted by atomic mass is 32.1. The molecule has 0 spiro atoms. The fraction of sp³-hybridized carbons (Fsp3) is 0.353. The number of carbonyl (C=O) groups is 2. The van der Waals surface area contributed by atoms with Crippen LogP contribution in [0.2, 0.25) is 0 Å². The molecule has 1 aliphatic rings. The Labute approximate surface area is 153 Å². The summed E-state index contributed by atoms with van der Waals surface area (Å²) in [6.07, 6.45) is 4.61. The SMILES string of the molecule is Cc1csc(NC(=O)C2CCN(C(=O)c3ccc4nncn4c3)CC2)n1. The van der Waals surface area contributed by atoms with Crippen LogP contribution in [-0.2, 0) is 4.79 Å². The van der Waals surface area contributed by atoms with Crippen molar-refractivity contribution >= 4 is 33.9 Å². The smallest absolute Gasteiger partial charge is 0.255 e. The summed E-state index contributed by atoms with van der Waals surface area (Å²) < 4.78 is 1.73. The van der Waals surface area contributed by atoms with Crippen molar-refractivity contribution in [2.24, 2.45) is 5.92 Å². The fourth-order valence-electron chi connectivity index (χ4n) is 3.10. The van der Waals surface area contributed by atoms with Crippen molar-refractivity contribution in [2.75, 3.05) is 18.4 Å². The standard InChI is InChI=1S/C17H18N6O2S/c1-11-9-26-17(19-11)20-15(24)12-4-6-22(7-5-12)16(25)13-2-3-14-21-18-10-23(14)8-13/h2-3,8-10,12H,4-7H2,1H3,(H,19,20,24). The lowest BCUT2D eigenvalue weighted by Gasteiger charge is -2.31. The quantitative estimate of drug-likeness (QED) is 0.761. The highest BCUT2D eigenvalue weighted by molar-refractivity contribution is 7.13. The molecule has 3 aromatic rings. The van der Waals surface area contributed by atoms with E-state index in [9.17, 15) is 9.59 Å². The van der Waals surface area contributed by atoms with Crippen LogP contribution in [0, 0.1) is 12.8 Å². The second-order valence-electron chi connectivity index (χ2n) is 6.36. The van der Waals surface area contributed by atoms with Gasteiger partial charge in [0.25, 0.3) is 5.91 Å². The van der Waals surface area contributed by atoms with Gasteiger partial charge >= 0.3 is 0 Å². The van der Waals surface area contributed by atoms with E-state index < -0.39 is 0 Å². The van der Waals surface area contributed by atoms with Gasteiger partial charge in [0.15, 0.2) is 10.8 Å². The summed E-state index contributed by atoms with van der Waals surface area (Å²) in [6.45, 7) is 3.02. The number of fused-ring (bicyclic) bond motifs is 1. The van der Waals surface area contributed by atoms with E-state index in [0.29, 0.717) is 42.3 Å². The average molecular weight is 370 g/mol. The van der Waals surface area contributed by atoms with Gasteiger partial charge in [-0.2, -0.15) is 0 Å². The summed E-state index contributed by atoms with van der Waals surface area (Å²) in [5.41, 5.74) is 2.20. The third kappa shape index (κ3) is 3.30. The van der Waals surface area contributed by atoms with Crippen LogP contribution < -0.4 is 5.32 Å². The lowest BCUT2D eigenvalue weighted by Crippen LogP contribution is -2.41. The van der Waals surface area contributed by atoms with Crippen LogP contribution in [0.5, 0.6) is 0 Å². The number of aromatic nitrogens is 4. The number of nitrogens with one attached hydrogen (secondary N) is 1. The van der Waals surface area contributed by atoms with Crippen LogP contribution in [0.25, 0.3) is 5.65 Å². The Balaban J connectivity index is 1.36. The molecule has 1 N–H and O–H groups in total. The molecule has 1 fully saturated rings. The minimum atomic E-state index is -0.0939. The zero-order valence-electron chi connectivity index (χ0n) is 14.3. The van der Waals surface area contributed by atoms with Crippen LogP contribution in [0.15, 0.2) is 30.0 Å². The van der Waals surface area contributed by atoms with Crippen molar-refractivity contribution in [1.82, 2.24) is 24.5 Å². The highest BCUT2D eigenvalue weighted by Crippen LogP contribution is 2.22. The first-order chi connectivity index (χ1) is 12.6. The van der Waals surface area contributed by atoms with E-state index in [1.165, 1.54) is 11.3 Å². The average Bonchev–Trinajstić information content (AvgIpc) is 3.29. The Hall–Kier alpha value is -2.81. The van der Waals surface area contributed by atoms with Crippen LogP contribution in [0.4, 0.5) is 5.13 Å². The zero-order chi connectivity index (χ0) is 18.1. The largest absolute Gasteiger partial charge is 0.339 e. The molecular formula is C17H18N6O2S. The molecule has 0 aromatic carbocycles. The minimum Gasteiger partial charge on any atom is -0.339 e. The van der Waals surface area contributed by atoms with E-state index >= 15 is 0 Å². The molecular weight excluding hydrogens is 352 g/mol. The molecule has 0 atom stereocenters. The maximum atomic E-state index is 12.7. The first-order valence-electron chi connectivity index (χ1n) is 8.42. The molecule has 9 heteroatoms. The van der Waals surface area contributed by atoms with E-state index in [0.717, 1.165) is 5.69 Å². The molecule has 4 rings (SSSR count). The van der Waals surface area contributed by atoms with Gasteiger partial charge in [-0.25, -0.2) is 4.98 Å². The van der Waals surface area contributed by atoms with Crippen molar-refractivity contribution in [3.8, 4) is 0 Å². The number of hydrogen-bond acceptors (Lipinski definition) is 6. The molecule has 1 saturated heterocycles. The van der Waals surface area contributed by atoms with Crippen molar-refractivity contribution in [2.45, 2.75) is 19.8 Å². The first kappa shape index (κ1) is 16.6. The number of pyridine rings is 1. The van der Waals surface area contributed by atoms with Crippen molar-refractivity contribution in [3.05, 3.63) is 41.3 Å². The zero-order valence-corrected chi connectivity index (χ0v) is 15.1. The van der Waals surface area contributed by atoms with Gasteiger partial charge in [-0.1, -0.05) is 0 Å². The molecule has 8 nitrogen and oxygen atoms in total. The molecule has 3 aromatic heterocycles. The number of likely N-dealkylation sites (tertiary alicyclic amines) is 1. The first-order valence-corrected chi connectivity index (χ1v) is 9.30. The van der Waals surface area contributed by atoms with E-state index in [4.69, 9.17) is 0 Å². The Kier molecular flexibility index (Phi) is 4.37. The number of carbonyl (C=O) groups excluding carboxylic acids is 2. The van der Waals surface area contributed by atoms with Crippen LogP contribution >= 0.6 is 11.3 Å². The Bertz CT molecular complexity index is 957. The topological polar surface area (TPSA) is 92.5 Å². The highest BCUT2D eigenvalue weighted by Gasteiger charge is 2.28. The van der Waals surface area contributed by atoms with Crippen molar-refractivity contribution in [1.29, 1.82) is 0 Å². The lowest BCUT2D eigenvalue weighted by atomic mass is 9.95. The Morgan fingerprint density at radius 3 is 2.81 bits per heavy atom. The summed E-state index contributed by atoms with van der Waals surface area (Å²) in [4.78, 5) is 31.1. The molecule has 0 saturated carbocycles. The van der Waals surface area contributed by atoms with Gasteiger partial charge in [0.1, 0.15) is 6.33 Å². The molecule has 0 bridgehead atoms. The normalized spacial score (nSPS) is 15.3. The number of rotatable bonds is 3. The van der Waals surface area contributed by atoms with Gasteiger partial charge in [0.2, 0.25) is 5.91 Å². The lowest BCUT2D eigenvalue weighted by molar-refractivity contribution is -0.121. The van der Waals surface area contributed by atoms with Gasteiger partial charge in [-0.05, 0) is 31.9 Å². The predicted molar refractivity (Wildman–Crippen MR) is 97.1 cm³/mol. The van der Waals surface area contributed by atoms with Gasteiger partial charge in [-0.3, -0.25) is 14.0 Å². The molecule has 1 aliphatic heterocycles. The number of anilines is 1. The number of amides is 2. The van der Waals surface area contributed by atoms with Crippen LogP contribution in [0.3, 0.4) is 0 Å². The summed E-state index contributed by atoms with van der Waals surface area (Å²) in [5.74, 6) is -0.143. The van der Waals surface area contributed by atoms with Gasteiger partial charge in [-0.15, -0.1) is 21.5 Å². The third-order valence-electron chi connectivity index (χ3n) is 4.54. The van der Waals surface area contributed by atoms with E-state index in [2.05, 4.69) is 20.5 Å².